The fraction of sp³-hybridized carbons (Fsp3) is 0.450. The van der Waals surface area contributed by atoms with Gasteiger partial charge in [0.15, 0.2) is 0 Å². The minimum Gasteiger partial charge on any atom is -0.496 e. The van der Waals surface area contributed by atoms with Gasteiger partial charge in [-0.2, -0.15) is 0 Å². The standard InChI is InChI=1S/C20H25NO5S2/c1-12(2)15-11-13(9-10-16(15)25-3)28(23,24)21-19-18(20(22)26-4)14-7-5-6-8-17(14)27-19/h9-12,21H,5-8H2,1-4H3. The minimum absolute atomic E-state index is 0.102. The van der Waals surface area contributed by atoms with Crippen molar-refractivity contribution in [2.45, 2.75) is 50.3 Å². The summed E-state index contributed by atoms with van der Waals surface area (Å²) in [5.41, 5.74) is 2.07. The van der Waals surface area contributed by atoms with E-state index in [-0.39, 0.29) is 10.8 Å². The van der Waals surface area contributed by atoms with E-state index in [0.29, 0.717) is 16.3 Å². The van der Waals surface area contributed by atoms with Crippen LogP contribution in [0.4, 0.5) is 5.00 Å². The number of esters is 1. The number of fused-ring (bicyclic) bond motifs is 1. The Morgan fingerprint density at radius 1 is 1.18 bits per heavy atom. The Morgan fingerprint density at radius 2 is 1.89 bits per heavy atom. The summed E-state index contributed by atoms with van der Waals surface area (Å²) in [6.45, 7) is 3.95. The van der Waals surface area contributed by atoms with Crippen LogP contribution in [0, 0.1) is 0 Å². The molecule has 0 unspecified atom stereocenters. The van der Waals surface area contributed by atoms with Crippen molar-refractivity contribution in [2.75, 3.05) is 18.9 Å². The number of rotatable bonds is 6. The average molecular weight is 424 g/mol. The molecule has 0 bridgehead atoms. The second-order valence-corrected chi connectivity index (χ2v) is 9.86. The van der Waals surface area contributed by atoms with Crippen LogP contribution in [0.5, 0.6) is 5.75 Å². The molecule has 3 rings (SSSR count). The molecule has 2 aromatic rings. The molecule has 0 radical (unpaired) electrons. The van der Waals surface area contributed by atoms with Crippen molar-refractivity contribution in [2.24, 2.45) is 0 Å². The second kappa shape index (κ2) is 8.13. The summed E-state index contributed by atoms with van der Waals surface area (Å²) in [6.07, 6.45) is 3.64. The van der Waals surface area contributed by atoms with Crippen LogP contribution in [-0.2, 0) is 27.6 Å². The van der Waals surface area contributed by atoms with Gasteiger partial charge in [-0.1, -0.05) is 13.8 Å². The first-order chi connectivity index (χ1) is 13.3. The normalized spacial score (nSPS) is 13.9. The number of carbonyl (C=O) groups is 1. The van der Waals surface area contributed by atoms with Crippen molar-refractivity contribution >= 4 is 32.3 Å². The van der Waals surface area contributed by atoms with Crippen LogP contribution in [-0.4, -0.2) is 28.6 Å². The number of hydrogen-bond donors (Lipinski definition) is 1. The molecule has 0 spiro atoms. The highest BCUT2D eigenvalue weighted by atomic mass is 32.2. The largest absolute Gasteiger partial charge is 0.496 e. The monoisotopic (exact) mass is 423 g/mol. The van der Waals surface area contributed by atoms with Gasteiger partial charge in [0.25, 0.3) is 10.0 Å². The quantitative estimate of drug-likeness (QED) is 0.699. The number of anilines is 1. The van der Waals surface area contributed by atoms with Crippen LogP contribution in [0.1, 0.15) is 59.0 Å². The van der Waals surface area contributed by atoms with Gasteiger partial charge < -0.3 is 9.47 Å². The van der Waals surface area contributed by atoms with Crippen molar-refractivity contribution in [3.63, 3.8) is 0 Å². The van der Waals surface area contributed by atoms with Gasteiger partial charge in [-0.05, 0) is 60.9 Å². The van der Waals surface area contributed by atoms with E-state index in [9.17, 15) is 13.2 Å². The van der Waals surface area contributed by atoms with Gasteiger partial charge in [0.05, 0.1) is 24.7 Å². The molecule has 0 saturated carbocycles. The van der Waals surface area contributed by atoms with Crippen molar-refractivity contribution in [1.82, 2.24) is 0 Å². The number of ether oxygens (including phenoxy) is 2. The molecule has 1 aromatic carbocycles. The lowest BCUT2D eigenvalue weighted by atomic mass is 9.95. The maximum Gasteiger partial charge on any atom is 0.341 e. The summed E-state index contributed by atoms with van der Waals surface area (Å²) >= 11 is 1.33. The Labute approximate surface area is 169 Å². The van der Waals surface area contributed by atoms with E-state index in [0.717, 1.165) is 41.7 Å². The molecular weight excluding hydrogens is 398 g/mol. The topological polar surface area (TPSA) is 81.7 Å². The van der Waals surface area contributed by atoms with Gasteiger partial charge >= 0.3 is 5.97 Å². The van der Waals surface area contributed by atoms with Crippen LogP contribution >= 0.6 is 11.3 Å². The summed E-state index contributed by atoms with van der Waals surface area (Å²) in [5, 5.41) is 0.334. The van der Waals surface area contributed by atoms with Gasteiger partial charge in [-0.15, -0.1) is 11.3 Å². The summed E-state index contributed by atoms with van der Waals surface area (Å²) in [4.78, 5) is 13.5. The third kappa shape index (κ3) is 3.89. The molecule has 0 saturated heterocycles. The third-order valence-electron chi connectivity index (χ3n) is 4.92. The summed E-state index contributed by atoms with van der Waals surface area (Å²) < 4.78 is 39.0. The number of hydrogen-bond acceptors (Lipinski definition) is 6. The van der Waals surface area contributed by atoms with E-state index in [1.807, 2.05) is 13.8 Å². The predicted molar refractivity (Wildman–Crippen MR) is 110 cm³/mol. The van der Waals surface area contributed by atoms with E-state index < -0.39 is 16.0 Å². The Morgan fingerprint density at radius 3 is 2.54 bits per heavy atom. The lowest BCUT2D eigenvalue weighted by molar-refractivity contribution is 0.0601. The van der Waals surface area contributed by atoms with Crippen LogP contribution in [0.2, 0.25) is 0 Å². The molecule has 1 aliphatic carbocycles. The van der Waals surface area contributed by atoms with Crippen molar-refractivity contribution in [3.05, 3.63) is 39.8 Å². The molecule has 0 fully saturated rings. The average Bonchev–Trinajstić information content (AvgIpc) is 3.03. The molecule has 0 aliphatic heterocycles. The van der Waals surface area contributed by atoms with Gasteiger partial charge in [0, 0.05) is 4.88 Å². The highest BCUT2D eigenvalue weighted by Gasteiger charge is 2.29. The molecule has 1 N–H and O–H groups in total. The molecule has 6 nitrogen and oxygen atoms in total. The number of benzene rings is 1. The zero-order valence-electron chi connectivity index (χ0n) is 16.5. The number of aryl methyl sites for hydroxylation is 1. The van der Waals surface area contributed by atoms with E-state index in [1.54, 1.807) is 19.2 Å². The van der Waals surface area contributed by atoms with Gasteiger partial charge in [0.1, 0.15) is 10.8 Å². The Kier molecular flexibility index (Phi) is 6.00. The molecule has 1 heterocycles. The first-order valence-corrected chi connectivity index (χ1v) is 11.5. The number of carbonyl (C=O) groups excluding carboxylic acids is 1. The van der Waals surface area contributed by atoms with E-state index in [4.69, 9.17) is 9.47 Å². The second-order valence-electron chi connectivity index (χ2n) is 7.07. The minimum atomic E-state index is -3.86. The lowest BCUT2D eigenvalue weighted by Crippen LogP contribution is -2.16. The highest BCUT2D eigenvalue weighted by Crippen LogP contribution is 2.40. The van der Waals surface area contributed by atoms with Gasteiger partial charge in [0.2, 0.25) is 0 Å². The van der Waals surface area contributed by atoms with Crippen LogP contribution in [0.3, 0.4) is 0 Å². The molecule has 28 heavy (non-hydrogen) atoms. The lowest BCUT2D eigenvalue weighted by Gasteiger charge is -2.15. The fourth-order valence-corrected chi connectivity index (χ4v) is 6.09. The number of thiophene rings is 1. The fourth-order valence-electron chi connectivity index (χ4n) is 3.47. The summed E-state index contributed by atoms with van der Waals surface area (Å²) in [7, 11) is -0.988. The third-order valence-corrected chi connectivity index (χ3v) is 7.61. The first kappa shape index (κ1) is 20.7. The molecule has 0 amide bonds. The van der Waals surface area contributed by atoms with Gasteiger partial charge in [-0.3, -0.25) is 4.72 Å². The molecular formula is C20H25NO5S2. The first-order valence-electron chi connectivity index (χ1n) is 9.22. The van der Waals surface area contributed by atoms with E-state index in [1.165, 1.54) is 24.5 Å². The number of nitrogens with one attached hydrogen (secondary N) is 1. The van der Waals surface area contributed by atoms with Crippen LogP contribution in [0.15, 0.2) is 23.1 Å². The molecule has 1 aromatic heterocycles. The Hall–Kier alpha value is -2.06. The number of sulfonamides is 1. The van der Waals surface area contributed by atoms with Crippen molar-refractivity contribution < 1.29 is 22.7 Å². The van der Waals surface area contributed by atoms with E-state index >= 15 is 0 Å². The highest BCUT2D eigenvalue weighted by molar-refractivity contribution is 7.93. The SMILES string of the molecule is COC(=O)c1c(NS(=O)(=O)c2ccc(OC)c(C(C)C)c2)sc2c1CCCC2. The van der Waals surface area contributed by atoms with Crippen molar-refractivity contribution in [1.29, 1.82) is 0 Å². The van der Waals surface area contributed by atoms with Crippen LogP contribution < -0.4 is 9.46 Å². The van der Waals surface area contributed by atoms with Crippen molar-refractivity contribution in [3.8, 4) is 5.75 Å². The summed E-state index contributed by atoms with van der Waals surface area (Å²) in [5.74, 6) is 0.246. The zero-order chi connectivity index (χ0) is 20.5. The zero-order valence-corrected chi connectivity index (χ0v) is 18.1. The predicted octanol–water partition coefficient (Wildman–Crippen LogP) is 4.35. The maximum absolute atomic E-state index is 13.1. The summed E-state index contributed by atoms with van der Waals surface area (Å²) in [6, 6.07) is 4.79. The number of methoxy groups -OCH3 is 2. The van der Waals surface area contributed by atoms with Crippen LogP contribution in [0.25, 0.3) is 0 Å². The molecule has 1 aliphatic rings. The van der Waals surface area contributed by atoms with E-state index in [2.05, 4.69) is 4.72 Å². The van der Waals surface area contributed by atoms with Gasteiger partial charge in [-0.25, -0.2) is 13.2 Å². The molecule has 0 atom stereocenters. The molecule has 8 heteroatoms. The molecule has 152 valence electrons. The Balaban J connectivity index is 2.03. The smallest absolute Gasteiger partial charge is 0.341 e. The Bertz CT molecular complexity index is 992. The maximum atomic E-state index is 13.1.